The van der Waals surface area contributed by atoms with Crippen molar-refractivity contribution < 1.29 is 4.79 Å². The van der Waals surface area contributed by atoms with Crippen molar-refractivity contribution in [2.24, 2.45) is 5.41 Å². The molecule has 1 unspecified atom stereocenters. The van der Waals surface area contributed by atoms with Crippen molar-refractivity contribution in [3.8, 4) is 0 Å². The van der Waals surface area contributed by atoms with Gasteiger partial charge in [-0.1, -0.05) is 31.5 Å². The molecule has 1 atom stereocenters. The average molecular weight is 297 g/mol. The van der Waals surface area contributed by atoms with E-state index in [1.54, 1.807) is 0 Å². The second-order valence-electron chi connectivity index (χ2n) is 6.18. The Morgan fingerprint density at radius 1 is 1.45 bits per heavy atom. The number of nitrogens with one attached hydrogen (secondary N) is 2. The molecular weight excluding hydrogens is 272 g/mol. The number of piperidine rings is 1. The molecule has 1 aromatic carbocycles. The quantitative estimate of drug-likeness (QED) is 0.900. The van der Waals surface area contributed by atoms with Crippen LogP contribution in [-0.2, 0) is 0 Å². The normalized spacial score (nSPS) is 20.9. The minimum Gasteiger partial charge on any atom is -0.350 e. The Morgan fingerprint density at radius 3 is 2.85 bits per heavy atom. The van der Waals surface area contributed by atoms with E-state index >= 15 is 0 Å². The van der Waals surface area contributed by atoms with Crippen LogP contribution >= 0.6 is 12.4 Å². The van der Waals surface area contributed by atoms with Gasteiger partial charge in [-0.05, 0) is 43.9 Å². The summed E-state index contributed by atoms with van der Waals surface area (Å²) in [6.45, 7) is 8.28. The zero-order valence-corrected chi connectivity index (χ0v) is 13.3. The van der Waals surface area contributed by atoms with Gasteiger partial charge in [-0.2, -0.15) is 0 Å². The molecule has 2 N–H and O–H groups in total. The van der Waals surface area contributed by atoms with Crippen molar-refractivity contribution in [3.63, 3.8) is 0 Å². The van der Waals surface area contributed by atoms with Gasteiger partial charge in [0.25, 0.3) is 5.91 Å². The van der Waals surface area contributed by atoms with Gasteiger partial charge in [0.2, 0.25) is 0 Å². The molecule has 2 rings (SSSR count). The Kier molecular flexibility index (Phi) is 6.03. The highest BCUT2D eigenvalue weighted by Crippen LogP contribution is 2.29. The van der Waals surface area contributed by atoms with Crippen LogP contribution in [-0.4, -0.2) is 25.0 Å². The summed E-state index contributed by atoms with van der Waals surface area (Å²) in [6.07, 6.45) is 2.43. The molecule has 1 aliphatic rings. The predicted octanol–water partition coefficient (Wildman–Crippen LogP) is 2.92. The van der Waals surface area contributed by atoms with Crippen LogP contribution in [0, 0.1) is 12.3 Å². The van der Waals surface area contributed by atoms with E-state index in [1.165, 1.54) is 12.8 Å². The number of amides is 1. The van der Waals surface area contributed by atoms with Crippen LogP contribution in [0.15, 0.2) is 24.3 Å². The summed E-state index contributed by atoms with van der Waals surface area (Å²) in [7, 11) is 0. The summed E-state index contributed by atoms with van der Waals surface area (Å²) in [5.74, 6) is 0.0203. The molecule has 3 nitrogen and oxygen atoms in total. The maximum atomic E-state index is 12.1. The molecule has 4 heteroatoms. The fourth-order valence-corrected chi connectivity index (χ4v) is 2.70. The maximum Gasteiger partial charge on any atom is 0.251 e. The Morgan fingerprint density at radius 2 is 2.20 bits per heavy atom. The van der Waals surface area contributed by atoms with E-state index in [0.717, 1.165) is 17.7 Å². The van der Waals surface area contributed by atoms with Crippen LogP contribution < -0.4 is 10.6 Å². The molecule has 0 bridgehead atoms. The van der Waals surface area contributed by atoms with Crippen molar-refractivity contribution in [1.29, 1.82) is 0 Å². The Bertz CT molecular complexity index is 460. The lowest BCUT2D eigenvalue weighted by Gasteiger charge is -2.39. The molecule has 1 aliphatic heterocycles. The third-order valence-electron chi connectivity index (χ3n) is 4.08. The highest BCUT2D eigenvalue weighted by Gasteiger charge is 2.31. The van der Waals surface area contributed by atoms with Crippen LogP contribution in [0.3, 0.4) is 0 Å². The van der Waals surface area contributed by atoms with Crippen LogP contribution in [0.1, 0.15) is 42.6 Å². The molecule has 0 radical (unpaired) electrons. The van der Waals surface area contributed by atoms with E-state index in [-0.39, 0.29) is 23.7 Å². The van der Waals surface area contributed by atoms with Crippen molar-refractivity contribution >= 4 is 18.3 Å². The molecule has 1 heterocycles. The number of hydrogen-bond donors (Lipinski definition) is 2. The molecule has 1 amide bonds. The van der Waals surface area contributed by atoms with Crippen LogP contribution in [0.25, 0.3) is 0 Å². The first kappa shape index (κ1) is 17.0. The molecule has 0 spiro atoms. The van der Waals surface area contributed by atoms with Gasteiger partial charge in [0.1, 0.15) is 0 Å². The first-order valence-electron chi connectivity index (χ1n) is 7.07. The molecule has 0 aliphatic carbocycles. The van der Waals surface area contributed by atoms with E-state index in [0.29, 0.717) is 12.6 Å². The third-order valence-corrected chi connectivity index (χ3v) is 4.08. The molecule has 0 saturated carbocycles. The standard InChI is InChI=1S/C16H24N2O.ClH/c1-12-6-4-7-13(10-12)15(19)18-11-14-16(2,3)8-5-9-17-14;/h4,6-7,10,14,17H,5,8-9,11H2,1-3H3,(H,18,19);1H. The second-order valence-corrected chi connectivity index (χ2v) is 6.18. The van der Waals surface area contributed by atoms with Gasteiger partial charge in [0.05, 0.1) is 0 Å². The SMILES string of the molecule is Cc1cccc(C(=O)NCC2NCCCC2(C)C)c1.Cl. The van der Waals surface area contributed by atoms with Crippen molar-refractivity contribution in [2.45, 2.75) is 39.7 Å². The van der Waals surface area contributed by atoms with Crippen LogP contribution in [0.2, 0.25) is 0 Å². The molecule has 1 saturated heterocycles. The zero-order valence-electron chi connectivity index (χ0n) is 12.5. The van der Waals surface area contributed by atoms with E-state index in [1.807, 2.05) is 31.2 Å². The number of rotatable bonds is 3. The van der Waals surface area contributed by atoms with Gasteiger partial charge in [-0.25, -0.2) is 0 Å². The molecule has 1 fully saturated rings. The fraction of sp³-hybridized carbons (Fsp3) is 0.562. The lowest BCUT2D eigenvalue weighted by atomic mass is 9.77. The van der Waals surface area contributed by atoms with Gasteiger partial charge >= 0.3 is 0 Å². The highest BCUT2D eigenvalue weighted by atomic mass is 35.5. The molecule has 20 heavy (non-hydrogen) atoms. The number of benzene rings is 1. The summed E-state index contributed by atoms with van der Waals surface area (Å²) in [5, 5.41) is 6.56. The highest BCUT2D eigenvalue weighted by molar-refractivity contribution is 5.94. The summed E-state index contributed by atoms with van der Waals surface area (Å²) in [5.41, 5.74) is 2.11. The van der Waals surface area contributed by atoms with Crippen molar-refractivity contribution in [3.05, 3.63) is 35.4 Å². The van der Waals surface area contributed by atoms with Gasteiger partial charge in [0.15, 0.2) is 0 Å². The number of carbonyl (C=O) groups is 1. The number of halogens is 1. The number of carbonyl (C=O) groups excluding carboxylic acids is 1. The number of aryl methyl sites for hydroxylation is 1. The topological polar surface area (TPSA) is 41.1 Å². The monoisotopic (exact) mass is 296 g/mol. The first-order chi connectivity index (χ1) is 8.99. The first-order valence-corrected chi connectivity index (χ1v) is 7.07. The third kappa shape index (κ3) is 4.22. The zero-order chi connectivity index (χ0) is 13.9. The molecule has 112 valence electrons. The van der Waals surface area contributed by atoms with E-state index in [9.17, 15) is 4.79 Å². The molecule has 1 aromatic rings. The fourth-order valence-electron chi connectivity index (χ4n) is 2.70. The smallest absolute Gasteiger partial charge is 0.251 e. The summed E-state index contributed by atoms with van der Waals surface area (Å²) in [6, 6.07) is 8.07. The Hall–Kier alpha value is -1.06. The van der Waals surface area contributed by atoms with Gasteiger partial charge in [-0.15, -0.1) is 12.4 Å². The minimum atomic E-state index is 0. The summed E-state index contributed by atoms with van der Waals surface area (Å²) >= 11 is 0. The lowest BCUT2D eigenvalue weighted by molar-refractivity contribution is 0.0929. The Labute approximate surface area is 127 Å². The minimum absolute atomic E-state index is 0. The summed E-state index contributed by atoms with van der Waals surface area (Å²) < 4.78 is 0. The average Bonchev–Trinajstić information content (AvgIpc) is 2.36. The molecule has 0 aromatic heterocycles. The second kappa shape index (κ2) is 7.09. The predicted molar refractivity (Wildman–Crippen MR) is 85.6 cm³/mol. The lowest BCUT2D eigenvalue weighted by Crippen LogP contribution is -2.52. The van der Waals surface area contributed by atoms with E-state index < -0.39 is 0 Å². The summed E-state index contributed by atoms with van der Waals surface area (Å²) in [4.78, 5) is 12.1. The Balaban J connectivity index is 0.00000200. The van der Waals surface area contributed by atoms with E-state index in [2.05, 4.69) is 24.5 Å². The largest absolute Gasteiger partial charge is 0.350 e. The van der Waals surface area contributed by atoms with Crippen LogP contribution in [0.5, 0.6) is 0 Å². The van der Waals surface area contributed by atoms with Gasteiger partial charge < -0.3 is 10.6 Å². The number of hydrogen-bond acceptors (Lipinski definition) is 2. The van der Waals surface area contributed by atoms with Crippen LogP contribution in [0.4, 0.5) is 0 Å². The van der Waals surface area contributed by atoms with E-state index in [4.69, 9.17) is 0 Å². The molecular formula is C16H25ClN2O. The van der Waals surface area contributed by atoms with Crippen molar-refractivity contribution in [2.75, 3.05) is 13.1 Å². The van der Waals surface area contributed by atoms with Crippen molar-refractivity contribution in [1.82, 2.24) is 10.6 Å². The van der Waals surface area contributed by atoms with Gasteiger partial charge in [-0.3, -0.25) is 4.79 Å². The maximum absolute atomic E-state index is 12.1. The van der Waals surface area contributed by atoms with Gasteiger partial charge in [0, 0.05) is 18.2 Å².